The van der Waals surface area contributed by atoms with Crippen molar-refractivity contribution >= 4 is 18.4 Å². The zero-order valence-corrected chi connectivity index (χ0v) is 7.00. The molecule has 0 aliphatic carbocycles. The molecule has 0 rings (SSSR count). The van der Waals surface area contributed by atoms with E-state index in [2.05, 4.69) is 5.73 Å². The minimum absolute atomic E-state index is 0. The summed E-state index contributed by atoms with van der Waals surface area (Å²) in [6, 6.07) is 0. The van der Waals surface area contributed by atoms with Crippen molar-refractivity contribution < 1.29 is 23.1 Å². The van der Waals surface area contributed by atoms with Crippen molar-refractivity contribution in [2.45, 2.75) is 25.1 Å². The fourth-order valence-corrected chi connectivity index (χ4v) is 0.414. The molecule has 12 heavy (non-hydrogen) atoms. The first-order valence-corrected chi connectivity index (χ1v) is 2.74. The number of rotatable bonds is 2. The topological polar surface area (TPSA) is 63.3 Å². The molecular formula is C5H9ClF3NO2. The van der Waals surface area contributed by atoms with Crippen LogP contribution in [0.3, 0.4) is 0 Å². The standard InChI is InChI=1S/C5H8F3NO2.ClH/c1-4(9,2-3(10)11)5(6,7)8;/h2,9H2,1H3,(H,10,11);1H/t4-;/m0./s1. The van der Waals surface area contributed by atoms with Crippen LogP contribution in [0.2, 0.25) is 0 Å². The lowest BCUT2D eigenvalue weighted by atomic mass is 9.99. The van der Waals surface area contributed by atoms with Crippen molar-refractivity contribution in [2.75, 3.05) is 0 Å². The van der Waals surface area contributed by atoms with Gasteiger partial charge in [0.2, 0.25) is 0 Å². The molecular weight excluding hydrogens is 199 g/mol. The number of aliphatic carboxylic acids is 1. The van der Waals surface area contributed by atoms with E-state index in [-0.39, 0.29) is 12.4 Å². The van der Waals surface area contributed by atoms with Crippen LogP contribution in [0.4, 0.5) is 13.2 Å². The zero-order chi connectivity index (χ0) is 9.28. The normalized spacial score (nSPS) is 16.1. The number of hydrogen-bond acceptors (Lipinski definition) is 2. The van der Waals surface area contributed by atoms with E-state index >= 15 is 0 Å². The van der Waals surface area contributed by atoms with Crippen LogP contribution in [0.1, 0.15) is 13.3 Å². The first kappa shape index (κ1) is 14.1. The Morgan fingerprint density at radius 1 is 1.50 bits per heavy atom. The molecule has 3 nitrogen and oxygen atoms in total. The smallest absolute Gasteiger partial charge is 0.406 e. The SMILES string of the molecule is C[C@](N)(CC(=O)O)C(F)(F)F.Cl. The van der Waals surface area contributed by atoms with Crippen molar-refractivity contribution in [2.24, 2.45) is 5.73 Å². The van der Waals surface area contributed by atoms with Gasteiger partial charge in [-0.25, -0.2) is 0 Å². The number of halogens is 4. The van der Waals surface area contributed by atoms with Crippen LogP contribution < -0.4 is 5.73 Å². The van der Waals surface area contributed by atoms with Gasteiger partial charge in [0.05, 0.1) is 6.42 Å². The van der Waals surface area contributed by atoms with Crippen LogP contribution in [-0.2, 0) is 4.79 Å². The van der Waals surface area contributed by atoms with Crippen molar-refractivity contribution in [3.8, 4) is 0 Å². The number of carboxylic acids is 1. The number of carbonyl (C=O) groups is 1. The van der Waals surface area contributed by atoms with Gasteiger partial charge in [-0.1, -0.05) is 0 Å². The third-order valence-corrected chi connectivity index (χ3v) is 1.17. The third-order valence-electron chi connectivity index (χ3n) is 1.17. The van der Waals surface area contributed by atoms with E-state index in [4.69, 9.17) is 5.11 Å². The van der Waals surface area contributed by atoms with Crippen molar-refractivity contribution in [1.29, 1.82) is 0 Å². The van der Waals surface area contributed by atoms with E-state index in [0.29, 0.717) is 6.92 Å². The van der Waals surface area contributed by atoms with Gasteiger partial charge in [0, 0.05) is 0 Å². The molecule has 0 radical (unpaired) electrons. The molecule has 0 bridgehead atoms. The first-order valence-electron chi connectivity index (χ1n) is 2.74. The van der Waals surface area contributed by atoms with Gasteiger partial charge in [-0.05, 0) is 6.92 Å². The summed E-state index contributed by atoms with van der Waals surface area (Å²) in [6.07, 6.45) is -5.79. The van der Waals surface area contributed by atoms with E-state index in [0.717, 1.165) is 0 Å². The number of carboxylic acid groups (broad SMARTS) is 1. The summed E-state index contributed by atoms with van der Waals surface area (Å²) in [6.45, 7) is 0.640. The molecule has 0 aromatic rings. The predicted octanol–water partition coefficient (Wildman–Crippen LogP) is 1.16. The highest BCUT2D eigenvalue weighted by Gasteiger charge is 2.49. The van der Waals surface area contributed by atoms with Crippen molar-refractivity contribution in [3.63, 3.8) is 0 Å². The highest BCUT2D eigenvalue weighted by molar-refractivity contribution is 5.85. The Labute approximate surface area is 73.1 Å². The number of hydrogen-bond donors (Lipinski definition) is 2. The second-order valence-corrected chi connectivity index (χ2v) is 2.49. The fourth-order valence-electron chi connectivity index (χ4n) is 0.414. The second-order valence-electron chi connectivity index (χ2n) is 2.49. The van der Waals surface area contributed by atoms with Gasteiger partial charge in [0.25, 0.3) is 0 Å². The van der Waals surface area contributed by atoms with Gasteiger partial charge in [-0.15, -0.1) is 12.4 Å². The fraction of sp³-hybridized carbons (Fsp3) is 0.800. The molecule has 0 heterocycles. The number of alkyl halides is 3. The first-order chi connectivity index (χ1) is 4.67. The average molecular weight is 208 g/mol. The second kappa shape index (κ2) is 3.95. The van der Waals surface area contributed by atoms with Crippen molar-refractivity contribution in [1.82, 2.24) is 0 Å². The van der Waals surface area contributed by atoms with Gasteiger partial charge < -0.3 is 10.8 Å². The van der Waals surface area contributed by atoms with Gasteiger partial charge in [-0.2, -0.15) is 13.2 Å². The zero-order valence-electron chi connectivity index (χ0n) is 6.18. The Balaban J connectivity index is 0. The van der Waals surface area contributed by atoms with Gasteiger partial charge in [0.15, 0.2) is 0 Å². The van der Waals surface area contributed by atoms with E-state index in [1.165, 1.54) is 0 Å². The monoisotopic (exact) mass is 207 g/mol. The summed E-state index contributed by atoms with van der Waals surface area (Å²) >= 11 is 0. The highest BCUT2D eigenvalue weighted by Crippen LogP contribution is 2.30. The molecule has 3 N–H and O–H groups in total. The summed E-state index contributed by atoms with van der Waals surface area (Å²) in [7, 11) is 0. The minimum Gasteiger partial charge on any atom is -0.481 e. The highest BCUT2D eigenvalue weighted by atomic mass is 35.5. The van der Waals surface area contributed by atoms with Crippen LogP contribution in [0.5, 0.6) is 0 Å². The maximum atomic E-state index is 11.8. The Kier molecular flexibility index (Phi) is 4.63. The summed E-state index contributed by atoms with van der Waals surface area (Å²) in [5, 5.41) is 8.03. The molecule has 0 saturated carbocycles. The molecule has 0 amide bonds. The molecule has 0 spiro atoms. The maximum Gasteiger partial charge on any atom is 0.406 e. The summed E-state index contributed by atoms with van der Waals surface area (Å²) in [5.74, 6) is -1.56. The molecule has 0 aromatic carbocycles. The quantitative estimate of drug-likeness (QED) is 0.714. The van der Waals surface area contributed by atoms with E-state index in [1.54, 1.807) is 0 Å². The van der Waals surface area contributed by atoms with E-state index < -0.39 is 24.1 Å². The van der Waals surface area contributed by atoms with Crippen LogP contribution in [0.15, 0.2) is 0 Å². The summed E-state index contributed by atoms with van der Waals surface area (Å²) in [5.41, 5.74) is 2.05. The van der Waals surface area contributed by atoms with Crippen LogP contribution >= 0.6 is 12.4 Å². The lowest BCUT2D eigenvalue weighted by molar-refractivity contribution is -0.188. The molecule has 0 aliphatic rings. The summed E-state index contributed by atoms with van der Waals surface area (Å²) < 4.78 is 35.4. The third kappa shape index (κ3) is 3.77. The van der Waals surface area contributed by atoms with E-state index in [1.807, 2.05) is 0 Å². The Bertz CT molecular complexity index is 169. The van der Waals surface area contributed by atoms with Crippen LogP contribution in [-0.4, -0.2) is 22.8 Å². The molecule has 0 fully saturated rings. The Morgan fingerprint density at radius 2 is 1.83 bits per heavy atom. The molecule has 0 saturated heterocycles. The molecule has 74 valence electrons. The maximum absolute atomic E-state index is 11.8. The molecule has 0 aliphatic heterocycles. The molecule has 7 heteroatoms. The lowest BCUT2D eigenvalue weighted by Crippen LogP contribution is -2.52. The van der Waals surface area contributed by atoms with Crippen molar-refractivity contribution in [3.05, 3.63) is 0 Å². The van der Waals surface area contributed by atoms with Crippen LogP contribution in [0, 0.1) is 0 Å². The van der Waals surface area contributed by atoms with Gasteiger partial charge in [0.1, 0.15) is 5.54 Å². The van der Waals surface area contributed by atoms with Crippen LogP contribution in [0.25, 0.3) is 0 Å². The summed E-state index contributed by atoms with van der Waals surface area (Å²) in [4.78, 5) is 9.88. The Hall–Kier alpha value is -0.490. The lowest BCUT2D eigenvalue weighted by Gasteiger charge is -2.25. The number of nitrogens with two attached hydrogens (primary N) is 1. The molecule has 0 aromatic heterocycles. The molecule has 0 unspecified atom stereocenters. The largest absolute Gasteiger partial charge is 0.481 e. The molecule has 1 atom stereocenters. The minimum atomic E-state index is -4.68. The van der Waals surface area contributed by atoms with Gasteiger partial charge >= 0.3 is 12.1 Å². The predicted molar refractivity (Wildman–Crippen MR) is 38.1 cm³/mol. The van der Waals surface area contributed by atoms with E-state index in [9.17, 15) is 18.0 Å². The van der Waals surface area contributed by atoms with Gasteiger partial charge in [-0.3, -0.25) is 4.79 Å². The average Bonchev–Trinajstić information content (AvgIpc) is 1.56. The Morgan fingerprint density at radius 3 is 1.92 bits per heavy atom.